The molecule has 4 aliphatic rings. The van der Waals surface area contributed by atoms with Gasteiger partial charge in [0, 0.05) is 61.3 Å². The number of aromatic nitrogens is 1. The standard InChI is InChI=1S/C36H36F2N4O4/c37-32-7-6-23(17-33(32)38)22-42-8-2-5-29(36(42)44)35(43)40-20-24-15-26(18-27(16-24)46-14-11-41-9-12-45-13-10-41)31-21-39-34-28(31)4-1-3-25-19-30(25)34/h1-4,6-8,15-18,21,29-30,39H,5,9-14,19-20,22H2,(H,40,43). The minimum Gasteiger partial charge on any atom is -0.492 e. The summed E-state index contributed by atoms with van der Waals surface area (Å²) >= 11 is 0. The number of allylic oxidation sites excluding steroid dienone is 4. The van der Waals surface area contributed by atoms with Crippen LogP contribution in [-0.2, 0) is 27.4 Å². The number of fused-ring (bicyclic) bond motifs is 3. The van der Waals surface area contributed by atoms with Crippen LogP contribution in [0.2, 0.25) is 0 Å². The second-order valence-corrected chi connectivity index (χ2v) is 12.2. The summed E-state index contributed by atoms with van der Waals surface area (Å²) < 4.78 is 38.8. The van der Waals surface area contributed by atoms with Gasteiger partial charge < -0.3 is 24.7 Å². The zero-order chi connectivity index (χ0) is 31.6. The summed E-state index contributed by atoms with van der Waals surface area (Å²) in [5.41, 5.74) is 7.15. The molecule has 3 heterocycles. The highest BCUT2D eigenvalue weighted by Crippen LogP contribution is 2.50. The van der Waals surface area contributed by atoms with Crippen LogP contribution in [0.3, 0.4) is 0 Å². The number of ether oxygens (including phenoxy) is 2. The van der Waals surface area contributed by atoms with Crippen molar-refractivity contribution in [1.29, 1.82) is 0 Å². The molecular formula is C36H36F2N4O4. The van der Waals surface area contributed by atoms with E-state index in [0.29, 0.717) is 23.8 Å². The van der Waals surface area contributed by atoms with Crippen molar-refractivity contribution in [1.82, 2.24) is 20.1 Å². The van der Waals surface area contributed by atoms with Gasteiger partial charge in [0.15, 0.2) is 11.6 Å². The third kappa shape index (κ3) is 6.54. The lowest BCUT2D eigenvalue weighted by molar-refractivity contribution is -0.141. The summed E-state index contributed by atoms with van der Waals surface area (Å²) in [6, 6.07) is 9.55. The molecule has 2 amide bonds. The fourth-order valence-corrected chi connectivity index (χ4v) is 6.39. The number of rotatable bonds is 10. The van der Waals surface area contributed by atoms with E-state index in [1.54, 1.807) is 12.3 Å². The Morgan fingerprint density at radius 3 is 2.80 bits per heavy atom. The van der Waals surface area contributed by atoms with Crippen molar-refractivity contribution in [2.75, 3.05) is 39.5 Å². The zero-order valence-corrected chi connectivity index (χ0v) is 25.4. The molecule has 2 unspecified atom stereocenters. The van der Waals surface area contributed by atoms with Gasteiger partial charge in [-0.3, -0.25) is 14.5 Å². The first-order chi connectivity index (χ1) is 22.4. The SMILES string of the molecule is O=C(NCc1cc(OCCN2CCOCC2)cc(-c2c[nH]c3c2C=CC=C2CC23)c1)C1CC=CN(Cc2ccc(F)c(F)c2)C1=O. The van der Waals surface area contributed by atoms with Gasteiger partial charge in [-0.2, -0.15) is 0 Å². The molecule has 0 bridgehead atoms. The van der Waals surface area contributed by atoms with E-state index < -0.39 is 23.5 Å². The van der Waals surface area contributed by atoms with Crippen LogP contribution in [0.4, 0.5) is 8.78 Å². The average Bonchev–Trinajstić information content (AvgIpc) is 3.75. The molecule has 7 rings (SSSR count). The van der Waals surface area contributed by atoms with E-state index in [1.807, 2.05) is 18.3 Å². The summed E-state index contributed by atoms with van der Waals surface area (Å²) in [5, 5.41) is 2.96. The Kier molecular flexibility index (Phi) is 8.55. The molecule has 1 aromatic heterocycles. The number of morpholine rings is 1. The lowest BCUT2D eigenvalue weighted by atomic mass is 9.98. The molecule has 10 heteroatoms. The number of amides is 2. The van der Waals surface area contributed by atoms with E-state index >= 15 is 0 Å². The van der Waals surface area contributed by atoms with Gasteiger partial charge in [-0.05, 0) is 59.9 Å². The van der Waals surface area contributed by atoms with Gasteiger partial charge in [0.1, 0.15) is 18.3 Å². The van der Waals surface area contributed by atoms with Crippen LogP contribution < -0.4 is 10.1 Å². The summed E-state index contributed by atoms with van der Waals surface area (Å²) in [6.07, 6.45) is 13.1. The molecule has 46 heavy (non-hydrogen) atoms. The molecule has 1 saturated carbocycles. The summed E-state index contributed by atoms with van der Waals surface area (Å²) in [7, 11) is 0. The van der Waals surface area contributed by atoms with E-state index in [-0.39, 0.29) is 25.4 Å². The fourth-order valence-electron chi connectivity index (χ4n) is 6.39. The fraction of sp³-hybridized carbons (Fsp3) is 0.333. The van der Waals surface area contributed by atoms with Crippen molar-refractivity contribution in [3.05, 3.63) is 107 Å². The summed E-state index contributed by atoms with van der Waals surface area (Å²) in [4.78, 5) is 33.7. The molecule has 2 atom stereocenters. The number of benzene rings is 2. The number of hydrogen-bond acceptors (Lipinski definition) is 5. The summed E-state index contributed by atoms with van der Waals surface area (Å²) in [6.45, 7) is 4.77. The molecule has 0 spiro atoms. The Balaban J connectivity index is 1.06. The van der Waals surface area contributed by atoms with Gasteiger partial charge in [0.2, 0.25) is 11.8 Å². The van der Waals surface area contributed by atoms with E-state index in [1.165, 1.54) is 22.2 Å². The maximum absolute atomic E-state index is 13.7. The predicted octanol–water partition coefficient (Wildman–Crippen LogP) is 5.29. The smallest absolute Gasteiger partial charge is 0.239 e. The normalized spacial score (nSPS) is 20.5. The molecule has 2 fully saturated rings. The lowest BCUT2D eigenvalue weighted by Gasteiger charge is -2.27. The molecule has 2 aromatic carbocycles. The predicted molar refractivity (Wildman–Crippen MR) is 169 cm³/mol. The van der Waals surface area contributed by atoms with Crippen molar-refractivity contribution in [3.8, 4) is 16.9 Å². The molecule has 2 N–H and O–H groups in total. The molecule has 1 saturated heterocycles. The van der Waals surface area contributed by atoms with E-state index in [9.17, 15) is 18.4 Å². The number of nitrogens with one attached hydrogen (secondary N) is 2. The first kappa shape index (κ1) is 30.1. The zero-order valence-electron chi connectivity index (χ0n) is 25.4. The summed E-state index contributed by atoms with van der Waals surface area (Å²) in [5.74, 6) is -2.48. The van der Waals surface area contributed by atoms with Crippen LogP contribution in [0.5, 0.6) is 5.75 Å². The van der Waals surface area contributed by atoms with Gasteiger partial charge in [0.05, 0.1) is 19.8 Å². The molecule has 0 radical (unpaired) electrons. The highest BCUT2D eigenvalue weighted by atomic mass is 19.2. The molecule has 2 aliphatic heterocycles. The Labute approximate surface area is 266 Å². The van der Waals surface area contributed by atoms with Crippen molar-refractivity contribution in [2.24, 2.45) is 5.92 Å². The number of carbonyl (C=O) groups is 2. The van der Waals surface area contributed by atoms with E-state index in [2.05, 4.69) is 39.5 Å². The Bertz CT molecular complexity index is 1740. The highest BCUT2D eigenvalue weighted by Gasteiger charge is 2.35. The third-order valence-electron chi connectivity index (χ3n) is 9.02. The van der Waals surface area contributed by atoms with Crippen molar-refractivity contribution >= 4 is 17.9 Å². The number of aromatic amines is 1. The van der Waals surface area contributed by atoms with Gasteiger partial charge >= 0.3 is 0 Å². The largest absolute Gasteiger partial charge is 0.492 e. The Morgan fingerprint density at radius 1 is 1.09 bits per heavy atom. The lowest BCUT2D eigenvalue weighted by Crippen LogP contribution is -2.43. The number of nitrogens with zero attached hydrogens (tertiary/aromatic N) is 2. The quantitative estimate of drug-likeness (QED) is 0.299. The molecular weight excluding hydrogens is 590 g/mol. The van der Waals surface area contributed by atoms with Crippen molar-refractivity contribution in [2.45, 2.75) is 31.8 Å². The number of H-pyrrole nitrogens is 1. The first-order valence-corrected chi connectivity index (χ1v) is 15.8. The van der Waals surface area contributed by atoms with Crippen LogP contribution in [0.1, 0.15) is 41.1 Å². The van der Waals surface area contributed by atoms with Crippen molar-refractivity contribution in [3.63, 3.8) is 0 Å². The minimum atomic E-state index is -0.979. The maximum Gasteiger partial charge on any atom is 0.239 e. The Hall–Kier alpha value is -4.54. The Morgan fingerprint density at radius 2 is 1.96 bits per heavy atom. The van der Waals surface area contributed by atoms with Crippen LogP contribution >= 0.6 is 0 Å². The number of carbonyl (C=O) groups excluding carboxylic acids is 2. The highest BCUT2D eigenvalue weighted by molar-refractivity contribution is 6.01. The first-order valence-electron chi connectivity index (χ1n) is 15.8. The maximum atomic E-state index is 13.7. The van der Waals surface area contributed by atoms with Gasteiger partial charge in [-0.1, -0.05) is 35.9 Å². The van der Waals surface area contributed by atoms with Gasteiger partial charge in [0.25, 0.3) is 0 Å². The van der Waals surface area contributed by atoms with Crippen LogP contribution in [0, 0.1) is 17.6 Å². The van der Waals surface area contributed by atoms with Crippen LogP contribution in [0.15, 0.2) is 72.6 Å². The van der Waals surface area contributed by atoms with E-state index in [0.717, 1.165) is 73.7 Å². The average molecular weight is 627 g/mol. The van der Waals surface area contributed by atoms with Crippen LogP contribution in [-0.4, -0.2) is 66.1 Å². The number of halogens is 2. The van der Waals surface area contributed by atoms with Gasteiger partial charge in [-0.15, -0.1) is 0 Å². The van der Waals surface area contributed by atoms with Gasteiger partial charge in [-0.25, -0.2) is 8.78 Å². The minimum absolute atomic E-state index is 0.0385. The monoisotopic (exact) mass is 626 g/mol. The number of hydrogen-bond donors (Lipinski definition) is 2. The second kappa shape index (κ2) is 13.1. The van der Waals surface area contributed by atoms with E-state index in [4.69, 9.17) is 9.47 Å². The van der Waals surface area contributed by atoms with Crippen molar-refractivity contribution < 1.29 is 27.8 Å². The van der Waals surface area contributed by atoms with Crippen LogP contribution in [0.25, 0.3) is 17.2 Å². The molecule has 238 valence electrons. The third-order valence-corrected chi connectivity index (χ3v) is 9.02. The second-order valence-electron chi connectivity index (χ2n) is 12.2. The molecule has 8 nitrogen and oxygen atoms in total. The topological polar surface area (TPSA) is 86.9 Å². The molecule has 2 aliphatic carbocycles. The molecule has 3 aromatic rings.